The maximum atomic E-state index is 11.7. The molecule has 0 saturated heterocycles. The van der Waals surface area contributed by atoms with Gasteiger partial charge in [-0.1, -0.05) is 0 Å². The number of aryl methyl sites for hydroxylation is 1. The van der Waals surface area contributed by atoms with E-state index in [-0.39, 0.29) is 17.5 Å². The molecule has 3 N–H and O–H groups in total. The van der Waals surface area contributed by atoms with E-state index in [0.717, 1.165) is 0 Å². The summed E-state index contributed by atoms with van der Waals surface area (Å²) >= 11 is 0. The molecule has 0 spiro atoms. The Bertz CT molecular complexity index is 557. The predicted molar refractivity (Wildman–Crippen MR) is 63.4 cm³/mol. The number of hydrogen-bond acceptors (Lipinski definition) is 3. The van der Waals surface area contributed by atoms with E-state index in [4.69, 9.17) is 5.11 Å². The van der Waals surface area contributed by atoms with Crippen LogP contribution in [0.2, 0.25) is 0 Å². The van der Waals surface area contributed by atoms with Crippen molar-refractivity contribution in [2.45, 2.75) is 19.8 Å². The lowest BCUT2D eigenvalue weighted by atomic mass is 10.1. The van der Waals surface area contributed by atoms with Gasteiger partial charge in [-0.3, -0.25) is 14.4 Å². The molecule has 0 aromatic carbocycles. The number of aliphatic carboxylic acids is 1. The Morgan fingerprint density at radius 1 is 1.50 bits per heavy atom. The van der Waals surface area contributed by atoms with Crippen LogP contribution >= 0.6 is 0 Å². The molecule has 1 aliphatic carbocycles. The molecule has 6 nitrogen and oxygen atoms in total. The molecule has 1 aromatic rings. The number of carbonyl (C=O) groups excluding carboxylic acids is 1. The van der Waals surface area contributed by atoms with Crippen LogP contribution in [-0.2, 0) is 4.79 Å². The zero-order chi connectivity index (χ0) is 13.3. The molecule has 0 unspecified atom stereocenters. The van der Waals surface area contributed by atoms with E-state index in [0.29, 0.717) is 18.5 Å². The number of nitrogens with one attached hydrogen (secondary N) is 2. The molecule has 1 amide bonds. The largest absolute Gasteiger partial charge is 0.481 e. The zero-order valence-electron chi connectivity index (χ0n) is 9.95. The number of carbonyl (C=O) groups is 2. The van der Waals surface area contributed by atoms with Crippen molar-refractivity contribution in [1.82, 2.24) is 10.3 Å². The number of H-pyrrole nitrogens is 1. The molecule has 0 aliphatic heterocycles. The van der Waals surface area contributed by atoms with E-state index < -0.39 is 17.3 Å². The molecule has 2 rings (SSSR count). The molecule has 1 fully saturated rings. The van der Waals surface area contributed by atoms with Crippen LogP contribution in [0.5, 0.6) is 0 Å². The second-order valence-electron chi connectivity index (χ2n) is 4.66. The Morgan fingerprint density at radius 2 is 2.17 bits per heavy atom. The van der Waals surface area contributed by atoms with Gasteiger partial charge in [0.05, 0.1) is 5.41 Å². The SMILES string of the molecule is Cc1cc(=O)c(C(=O)NCC2(C(=O)O)CC2)c[nH]1. The van der Waals surface area contributed by atoms with Gasteiger partial charge in [0, 0.05) is 24.5 Å². The highest BCUT2D eigenvalue weighted by molar-refractivity contribution is 5.94. The molecule has 0 atom stereocenters. The van der Waals surface area contributed by atoms with Crippen LogP contribution in [0, 0.1) is 12.3 Å². The highest BCUT2D eigenvalue weighted by Gasteiger charge is 2.50. The average molecular weight is 250 g/mol. The quantitative estimate of drug-likeness (QED) is 0.714. The third-order valence-corrected chi connectivity index (χ3v) is 3.20. The number of amides is 1. The fraction of sp³-hybridized carbons (Fsp3) is 0.417. The summed E-state index contributed by atoms with van der Waals surface area (Å²) in [7, 11) is 0. The van der Waals surface area contributed by atoms with Crippen LogP contribution in [0.25, 0.3) is 0 Å². The third kappa shape index (κ3) is 2.27. The monoisotopic (exact) mass is 250 g/mol. The number of hydrogen-bond donors (Lipinski definition) is 3. The van der Waals surface area contributed by atoms with Crippen molar-refractivity contribution in [2.75, 3.05) is 6.54 Å². The van der Waals surface area contributed by atoms with Crippen molar-refractivity contribution >= 4 is 11.9 Å². The summed E-state index contributed by atoms with van der Waals surface area (Å²) < 4.78 is 0. The maximum Gasteiger partial charge on any atom is 0.311 e. The van der Waals surface area contributed by atoms with E-state index in [1.54, 1.807) is 6.92 Å². The van der Waals surface area contributed by atoms with E-state index in [2.05, 4.69) is 10.3 Å². The van der Waals surface area contributed by atoms with E-state index in [1.165, 1.54) is 12.3 Å². The number of carboxylic acid groups (broad SMARTS) is 1. The molecule has 1 saturated carbocycles. The summed E-state index contributed by atoms with van der Waals surface area (Å²) in [5.74, 6) is -1.44. The fourth-order valence-corrected chi connectivity index (χ4v) is 1.71. The third-order valence-electron chi connectivity index (χ3n) is 3.20. The van der Waals surface area contributed by atoms with Gasteiger partial charge in [-0.2, -0.15) is 0 Å². The summed E-state index contributed by atoms with van der Waals surface area (Å²) in [4.78, 5) is 37.0. The normalized spacial score (nSPS) is 16.1. The van der Waals surface area contributed by atoms with Crippen LogP contribution in [0.3, 0.4) is 0 Å². The summed E-state index contributed by atoms with van der Waals surface area (Å²) in [6, 6.07) is 1.33. The average Bonchev–Trinajstić information content (AvgIpc) is 3.07. The van der Waals surface area contributed by atoms with Gasteiger partial charge in [0.2, 0.25) is 0 Å². The van der Waals surface area contributed by atoms with Gasteiger partial charge < -0.3 is 15.4 Å². The van der Waals surface area contributed by atoms with Crippen LogP contribution in [0.1, 0.15) is 28.9 Å². The number of aromatic nitrogens is 1. The highest BCUT2D eigenvalue weighted by atomic mass is 16.4. The number of rotatable bonds is 4. The lowest BCUT2D eigenvalue weighted by Crippen LogP contribution is -2.36. The second kappa shape index (κ2) is 4.29. The van der Waals surface area contributed by atoms with Crippen molar-refractivity contribution in [2.24, 2.45) is 5.41 Å². The first-order chi connectivity index (χ1) is 8.44. The van der Waals surface area contributed by atoms with Crippen LogP contribution in [0.4, 0.5) is 0 Å². The van der Waals surface area contributed by atoms with Crippen molar-refractivity contribution < 1.29 is 14.7 Å². The number of pyridine rings is 1. The Hall–Kier alpha value is -2.11. The van der Waals surface area contributed by atoms with Crippen molar-refractivity contribution in [3.05, 3.63) is 33.7 Å². The standard InChI is InChI=1S/C12H14N2O4/c1-7-4-9(15)8(5-13-7)10(16)14-6-12(2-3-12)11(17)18/h4-5H,2-3,6H2,1H3,(H,13,15)(H,14,16)(H,17,18). The fourth-order valence-electron chi connectivity index (χ4n) is 1.71. The smallest absolute Gasteiger partial charge is 0.311 e. The minimum Gasteiger partial charge on any atom is -0.481 e. The number of carboxylic acids is 1. The Balaban J connectivity index is 2.05. The summed E-state index contributed by atoms with van der Waals surface area (Å²) in [5, 5.41) is 11.5. The predicted octanol–water partition coefficient (Wildman–Crippen LogP) is 0.278. The van der Waals surface area contributed by atoms with Crippen molar-refractivity contribution in [1.29, 1.82) is 0 Å². The molecule has 96 valence electrons. The molecule has 0 radical (unpaired) electrons. The molecule has 18 heavy (non-hydrogen) atoms. The lowest BCUT2D eigenvalue weighted by molar-refractivity contribution is -0.143. The van der Waals surface area contributed by atoms with Gasteiger partial charge in [-0.25, -0.2) is 0 Å². The Labute approximate surface area is 103 Å². The summed E-state index contributed by atoms with van der Waals surface area (Å²) in [5.41, 5.74) is -0.529. The van der Waals surface area contributed by atoms with Gasteiger partial charge in [0.25, 0.3) is 5.91 Å². The molecule has 1 heterocycles. The second-order valence-corrected chi connectivity index (χ2v) is 4.66. The first-order valence-electron chi connectivity index (χ1n) is 5.65. The zero-order valence-corrected chi connectivity index (χ0v) is 9.95. The lowest BCUT2D eigenvalue weighted by Gasteiger charge is -2.10. The molecular formula is C12H14N2O4. The number of aromatic amines is 1. The Kier molecular flexibility index (Phi) is 2.94. The van der Waals surface area contributed by atoms with Crippen molar-refractivity contribution in [3.8, 4) is 0 Å². The minimum absolute atomic E-state index is 0.00166. The first kappa shape index (κ1) is 12.3. The highest BCUT2D eigenvalue weighted by Crippen LogP contribution is 2.45. The van der Waals surface area contributed by atoms with Gasteiger partial charge in [0.15, 0.2) is 5.43 Å². The maximum absolute atomic E-state index is 11.7. The Morgan fingerprint density at radius 3 is 2.67 bits per heavy atom. The van der Waals surface area contributed by atoms with Crippen LogP contribution < -0.4 is 10.7 Å². The minimum atomic E-state index is -0.902. The summed E-state index contributed by atoms with van der Waals surface area (Å²) in [6.07, 6.45) is 2.47. The van der Waals surface area contributed by atoms with Gasteiger partial charge in [-0.15, -0.1) is 0 Å². The van der Waals surface area contributed by atoms with E-state index in [1.807, 2.05) is 0 Å². The van der Waals surface area contributed by atoms with Gasteiger partial charge in [-0.05, 0) is 19.8 Å². The topological polar surface area (TPSA) is 99.3 Å². The van der Waals surface area contributed by atoms with Gasteiger partial charge in [0.1, 0.15) is 5.56 Å². The van der Waals surface area contributed by atoms with Crippen molar-refractivity contribution in [3.63, 3.8) is 0 Å². The molecule has 6 heteroatoms. The van der Waals surface area contributed by atoms with Crippen LogP contribution in [0.15, 0.2) is 17.1 Å². The molecule has 0 bridgehead atoms. The first-order valence-corrected chi connectivity index (χ1v) is 5.65. The molecular weight excluding hydrogens is 236 g/mol. The van der Waals surface area contributed by atoms with E-state index in [9.17, 15) is 14.4 Å². The van der Waals surface area contributed by atoms with Gasteiger partial charge >= 0.3 is 5.97 Å². The summed E-state index contributed by atoms with van der Waals surface area (Å²) in [6.45, 7) is 1.78. The molecule has 1 aliphatic rings. The van der Waals surface area contributed by atoms with Crippen LogP contribution in [-0.4, -0.2) is 28.5 Å². The molecule has 1 aromatic heterocycles. The van der Waals surface area contributed by atoms with E-state index >= 15 is 0 Å².